The standard InChI is InChI=1S/C15H13GeN3/c1-2-8-5-10(18)7-13-14(8)15(19)11-4-3-9(17)6-12(11)16-13/h2-7,19H,1,17-18H2. The number of anilines is 2. The molecule has 2 aromatic carbocycles. The first-order valence-electron chi connectivity index (χ1n) is 5.92. The van der Waals surface area contributed by atoms with Crippen molar-refractivity contribution >= 4 is 47.4 Å². The zero-order valence-corrected chi connectivity index (χ0v) is 12.4. The van der Waals surface area contributed by atoms with Gasteiger partial charge in [0.15, 0.2) is 0 Å². The molecule has 19 heavy (non-hydrogen) atoms. The van der Waals surface area contributed by atoms with Crippen LogP contribution in [0, 0.1) is 5.41 Å². The average molecular weight is 308 g/mol. The summed E-state index contributed by atoms with van der Waals surface area (Å²) in [5, 5.41) is 8.43. The van der Waals surface area contributed by atoms with Gasteiger partial charge in [-0.15, -0.1) is 0 Å². The van der Waals surface area contributed by atoms with Crippen molar-refractivity contribution in [3.05, 3.63) is 53.6 Å². The van der Waals surface area contributed by atoms with Crippen LogP contribution in [0.4, 0.5) is 11.4 Å². The normalized spacial score (nSPS) is 12.7. The van der Waals surface area contributed by atoms with Crippen LogP contribution < -0.4 is 20.3 Å². The van der Waals surface area contributed by atoms with Gasteiger partial charge in [0.2, 0.25) is 0 Å². The predicted molar refractivity (Wildman–Crippen MR) is 82.8 cm³/mol. The first-order valence-corrected chi connectivity index (χ1v) is 8.02. The quantitative estimate of drug-likeness (QED) is 0.461. The zero-order chi connectivity index (χ0) is 13.6. The molecule has 0 saturated heterocycles. The topological polar surface area (TPSA) is 75.9 Å². The molecule has 3 nitrogen and oxygen atoms in total. The molecule has 2 aromatic rings. The second kappa shape index (κ2) is 4.28. The molecule has 0 aromatic heterocycles. The van der Waals surface area contributed by atoms with Crippen LogP contribution in [-0.2, 0) is 0 Å². The molecule has 0 bridgehead atoms. The van der Waals surface area contributed by atoms with Crippen molar-refractivity contribution in [2.24, 2.45) is 0 Å². The van der Waals surface area contributed by atoms with Gasteiger partial charge in [-0.25, -0.2) is 0 Å². The van der Waals surface area contributed by atoms with E-state index in [9.17, 15) is 0 Å². The molecule has 0 aliphatic carbocycles. The van der Waals surface area contributed by atoms with Crippen molar-refractivity contribution in [2.45, 2.75) is 0 Å². The van der Waals surface area contributed by atoms with E-state index >= 15 is 0 Å². The summed E-state index contributed by atoms with van der Waals surface area (Å²) in [5.41, 5.74) is 16.7. The fourth-order valence-electron chi connectivity index (χ4n) is 2.39. The molecule has 3 rings (SSSR count). The third kappa shape index (κ3) is 1.86. The van der Waals surface area contributed by atoms with Gasteiger partial charge < -0.3 is 0 Å². The molecule has 2 radical (unpaired) electrons. The minimum atomic E-state index is -0.508. The number of hydrogen-bond acceptors (Lipinski definition) is 3. The maximum absolute atomic E-state index is 8.43. The number of nitrogen functional groups attached to an aromatic ring is 2. The van der Waals surface area contributed by atoms with E-state index in [4.69, 9.17) is 16.9 Å². The Hall–Kier alpha value is -2.01. The summed E-state index contributed by atoms with van der Waals surface area (Å²) < 4.78 is 2.40. The van der Waals surface area contributed by atoms with E-state index in [1.807, 2.05) is 30.3 Å². The van der Waals surface area contributed by atoms with E-state index < -0.39 is 15.4 Å². The van der Waals surface area contributed by atoms with Gasteiger partial charge in [0.25, 0.3) is 0 Å². The Kier molecular flexibility index (Phi) is 2.71. The van der Waals surface area contributed by atoms with Crippen LogP contribution in [0.2, 0.25) is 0 Å². The molecule has 0 saturated carbocycles. The Morgan fingerprint density at radius 1 is 1.05 bits per heavy atom. The van der Waals surface area contributed by atoms with Crippen LogP contribution in [0.5, 0.6) is 0 Å². The Balaban J connectivity index is 2.27. The third-order valence-corrected chi connectivity index (χ3v) is 6.07. The monoisotopic (exact) mass is 309 g/mol. The predicted octanol–water partition coefficient (Wildman–Crippen LogP) is 0.879. The zero-order valence-electron chi connectivity index (χ0n) is 10.3. The Labute approximate surface area is 118 Å². The third-order valence-electron chi connectivity index (χ3n) is 3.24. The van der Waals surface area contributed by atoms with Gasteiger partial charge in [0.05, 0.1) is 0 Å². The molecule has 0 atom stereocenters. The summed E-state index contributed by atoms with van der Waals surface area (Å²) in [5.74, 6) is 0. The van der Waals surface area contributed by atoms with E-state index in [2.05, 4.69) is 6.58 Å². The van der Waals surface area contributed by atoms with Crippen molar-refractivity contribution in [3.63, 3.8) is 0 Å². The van der Waals surface area contributed by atoms with Gasteiger partial charge >= 0.3 is 118 Å². The van der Waals surface area contributed by atoms with E-state index in [-0.39, 0.29) is 0 Å². The van der Waals surface area contributed by atoms with Crippen LogP contribution in [0.1, 0.15) is 16.7 Å². The van der Waals surface area contributed by atoms with Crippen LogP contribution in [0.15, 0.2) is 36.9 Å². The maximum atomic E-state index is 8.43. The van der Waals surface area contributed by atoms with Crippen molar-refractivity contribution in [2.75, 3.05) is 11.5 Å². The number of fused-ring (bicyclic) bond motifs is 2. The fourth-order valence-corrected chi connectivity index (χ4v) is 5.55. The molecular weight excluding hydrogens is 295 g/mol. The van der Waals surface area contributed by atoms with Crippen LogP contribution in [0.25, 0.3) is 6.08 Å². The number of rotatable bonds is 1. The minimum absolute atomic E-state index is 0.508. The molecule has 0 fully saturated rings. The molecule has 5 N–H and O–H groups in total. The number of hydrogen-bond donors (Lipinski definition) is 3. The first kappa shape index (κ1) is 12.0. The Morgan fingerprint density at radius 2 is 1.79 bits per heavy atom. The second-order valence-corrected chi connectivity index (χ2v) is 7.33. The summed E-state index contributed by atoms with van der Waals surface area (Å²) in [6.07, 6.45) is 1.78. The molecule has 0 unspecified atom stereocenters. The molecule has 1 aliphatic heterocycles. The Morgan fingerprint density at radius 3 is 2.53 bits per heavy atom. The first-order chi connectivity index (χ1) is 9.10. The molecule has 4 heteroatoms. The Bertz CT molecular complexity index is 720. The van der Waals surface area contributed by atoms with E-state index in [0.717, 1.165) is 28.1 Å². The molecule has 92 valence electrons. The van der Waals surface area contributed by atoms with Gasteiger partial charge in [0.1, 0.15) is 0 Å². The molecule has 1 heterocycles. The fraction of sp³-hybridized carbons (Fsp3) is 0. The number of nitrogens with two attached hydrogens (primary N) is 2. The summed E-state index contributed by atoms with van der Waals surface area (Å²) in [4.78, 5) is 0. The summed E-state index contributed by atoms with van der Waals surface area (Å²) in [6.45, 7) is 3.83. The molecule has 0 spiro atoms. The van der Waals surface area contributed by atoms with Gasteiger partial charge in [-0.05, 0) is 0 Å². The van der Waals surface area contributed by atoms with Crippen molar-refractivity contribution in [1.82, 2.24) is 0 Å². The summed E-state index contributed by atoms with van der Waals surface area (Å²) in [7, 11) is 0. The van der Waals surface area contributed by atoms with Crippen molar-refractivity contribution in [3.8, 4) is 0 Å². The number of nitrogens with one attached hydrogen (secondary N) is 1. The van der Waals surface area contributed by atoms with E-state index in [1.54, 1.807) is 6.08 Å². The van der Waals surface area contributed by atoms with Gasteiger partial charge in [-0.2, -0.15) is 0 Å². The molecule has 1 aliphatic rings. The van der Waals surface area contributed by atoms with Crippen LogP contribution in [0.3, 0.4) is 0 Å². The van der Waals surface area contributed by atoms with Crippen LogP contribution >= 0.6 is 0 Å². The number of benzene rings is 2. The van der Waals surface area contributed by atoms with E-state index in [1.165, 1.54) is 8.79 Å². The van der Waals surface area contributed by atoms with Crippen LogP contribution in [-0.4, -0.2) is 21.1 Å². The van der Waals surface area contributed by atoms with Gasteiger partial charge in [-0.3, -0.25) is 0 Å². The van der Waals surface area contributed by atoms with E-state index in [0.29, 0.717) is 5.71 Å². The second-order valence-electron chi connectivity index (χ2n) is 4.54. The molecule has 0 amide bonds. The van der Waals surface area contributed by atoms with Gasteiger partial charge in [-0.1, -0.05) is 0 Å². The summed E-state index contributed by atoms with van der Waals surface area (Å²) in [6, 6.07) is 9.67. The SMILES string of the molecule is C=Cc1cc(N)c[c]2c1C(=N)c1ccc(N)c[c]1[Ge]2. The van der Waals surface area contributed by atoms with Crippen molar-refractivity contribution in [1.29, 1.82) is 5.41 Å². The molecular formula is C15H13GeN3. The average Bonchev–Trinajstić information content (AvgIpc) is 2.37. The van der Waals surface area contributed by atoms with Crippen molar-refractivity contribution < 1.29 is 0 Å². The van der Waals surface area contributed by atoms with Gasteiger partial charge in [0, 0.05) is 0 Å². The summed E-state index contributed by atoms with van der Waals surface area (Å²) >= 11 is -0.508.